The Morgan fingerprint density at radius 1 is 1.24 bits per heavy atom. The predicted molar refractivity (Wildman–Crippen MR) is 110 cm³/mol. The number of aromatic nitrogens is 6. The largest absolute Gasteiger partial charge is 0.312 e. The van der Waals surface area contributed by atoms with Crippen molar-refractivity contribution in [2.75, 3.05) is 12.3 Å². The molecule has 0 saturated heterocycles. The number of aromatic amines is 2. The number of H-pyrrole nitrogens is 2. The second-order valence-corrected chi connectivity index (χ2v) is 7.65. The Kier molecular flexibility index (Phi) is 5.45. The molecule has 0 amide bonds. The minimum atomic E-state index is -0.319. The van der Waals surface area contributed by atoms with Crippen molar-refractivity contribution in [3.8, 4) is 5.69 Å². The SMILES string of the molecule is Cc1nc(SCCNCc2cc3c(C)nn(-c4ccc(F)cc4)c3[nH]c2=O)n[nH]1. The van der Waals surface area contributed by atoms with Crippen LogP contribution in [-0.4, -0.2) is 42.2 Å². The van der Waals surface area contributed by atoms with E-state index >= 15 is 0 Å². The molecular weight excluding hydrogens is 393 g/mol. The lowest BCUT2D eigenvalue weighted by molar-refractivity contribution is 0.627. The van der Waals surface area contributed by atoms with Crippen LogP contribution in [0, 0.1) is 19.7 Å². The first kappa shape index (κ1) is 19.3. The normalized spacial score (nSPS) is 11.4. The first-order valence-corrected chi connectivity index (χ1v) is 10.1. The molecule has 4 aromatic rings. The summed E-state index contributed by atoms with van der Waals surface area (Å²) in [6.45, 7) is 4.90. The number of nitrogens with one attached hydrogen (secondary N) is 3. The summed E-state index contributed by atoms with van der Waals surface area (Å²) in [5, 5.41) is 16.2. The van der Waals surface area contributed by atoms with Crippen molar-refractivity contribution in [1.29, 1.82) is 0 Å². The van der Waals surface area contributed by atoms with E-state index in [9.17, 15) is 9.18 Å². The highest BCUT2D eigenvalue weighted by Gasteiger charge is 2.13. The molecule has 4 rings (SSSR count). The molecule has 0 unspecified atom stereocenters. The number of nitrogens with zero attached hydrogens (tertiary/aromatic N) is 4. The first-order valence-electron chi connectivity index (χ1n) is 9.11. The molecular formula is C19H20FN7OS. The molecule has 8 nitrogen and oxygen atoms in total. The number of thioether (sulfide) groups is 1. The van der Waals surface area contributed by atoms with Crippen molar-refractivity contribution < 1.29 is 4.39 Å². The van der Waals surface area contributed by atoms with E-state index in [-0.39, 0.29) is 11.4 Å². The quantitative estimate of drug-likeness (QED) is 0.318. The Balaban J connectivity index is 1.46. The Labute approximate surface area is 169 Å². The molecule has 1 aromatic carbocycles. The van der Waals surface area contributed by atoms with Crippen LogP contribution in [0.15, 0.2) is 40.3 Å². The van der Waals surface area contributed by atoms with Crippen molar-refractivity contribution in [1.82, 2.24) is 35.3 Å². The van der Waals surface area contributed by atoms with Crippen molar-refractivity contribution in [2.24, 2.45) is 0 Å². The molecule has 0 radical (unpaired) electrons. The van der Waals surface area contributed by atoms with Crippen molar-refractivity contribution in [3.63, 3.8) is 0 Å². The molecule has 3 aromatic heterocycles. The summed E-state index contributed by atoms with van der Waals surface area (Å²) >= 11 is 1.55. The van der Waals surface area contributed by atoms with Crippen LogP contribution in [-0.2, 0) is 6.54 Å². The highest BCUT2D eigenvalue weighted by atomic mass is 32.2. The Morgan fingerprint density at radius 3 is 2.76 bits per heavy atom. The van der Waals surface area contributed by atoms with Gasteiger partial charge in [-0.1, -0.05) is 11.8 Å². The molecule has 3 heterocycles. The van der Waals surface area contributed by atoms with E-state index in [1.807, 2.05) is 19.9 Å². The molecule has 0 atom stereocenters. The first-order chi connectivity index (χ1) is 14.0. The van der Waals surface area contributed by atoms with Gasteiger partial charge >= 0.3 is 0 Å². The molecule has 0 spiro atoms. The topological polar surface area (TPSA) is 104 Å². The van der Waals surface area contributed by atoms with Gasteiger partial charge in [-0.05, 0) is 44.2 Å². The van der Waals surface area contributed by atoms with Crippen LogP contribution in [0.3, 0.4) is 0 Å². The summed E-state index contributed by atoms with van der Waals surface area (Å²) in [6.07, 6.45) is 0. The van der Waals surface area contributed by atoms with Gasteiger partial charge in [0.1, 0.15) is 17.3 Å². The fraction of sp³-hybridized carbons (Fsp3) is 0.263. The number of halogens is 1. The summed E-state index contributed by atoms with van der Waals surface area (Å²) in [5.74, 6) is 1.26. The van der Waals surface area contributed by atoms with Gasteiger partial charge in [-0.3, -0.25) is 9.89 Å². The maximum absolute atomic E-state index is 13.2. The Hall–Kier alpha value is -2.98. The van der Waals surface area contributed by atoms with Gasteiger partial charge in [0, 0.05) is 29.8 Å². The van der Waals surface area contributed by atoms with Gasteiger partial charge in [0.05, 0.1) is 11.4 Å². The third-order valence-electron chi connectivity index (χ3n) is 4.42. The van der Waals surface area contributed by atoms with E-state index < -0.39 is 0 Å². The van der Waals surface area contributed by atoms with Crippen molar-refractivity contribution in [3.05, 3.63) is 63.6 Å². The Bertz CT molecular complexity index is 1200. The van der Waals surface area contributed by atoms with E-state index in [0.717, 1.165) is 22.7 Å². The minimum absolute atomic E-state index is 0.175. The van der Waals surface area contributed by atoms with Gasteiger partial charge in [-0.25, -0.2) is 14.1 Å². The lowest BCUT2D eigenvalue weighted by Gasteiger charge is -2.06. The second kappa shape index (κ2) is 8.18. The highest BCUT2D eigenvalue weighted by molar-refractivity contribution is 7.99. The van der Waals surface area contributed by atoms with Crippen LogP contribution in [0.1, 0.15) is 17.1 Å². The summed E-state index contributed by atoms with van der Waals surface area (Å²) in [4.78, 5) is 19.7. The van der Waals surface area contributed by atoms with E-state index in [4.69, 9.17) is 0 Å². The standard InChI is InChI=1S/C19H20FN7OS/c1-11-16-9-13(10-21-7-8-29-19-22-12(2)24-25-19)18(28)23-17(16)27(26-11)15-5-3-14(20)4-6-15/h3-6,9,21H,7-8,10H2,1-2H3,(H,23,28)(H,22,24,25). The van der Waals surface area contributed by atoms with E-state index in [2.05, 4.69) is 30.6 Å². The monoisotopic (exact) mass is 413 g/mol. The summed E-state index contributed by atoms with van der Waals surface area (Å²) in [6, 6.07) is 7.85. The van der Waals surface area contributed by atoms with Gasteiger partial charge in [-0.2, -0.15) is 5.10 Å². The average Bonchev–Trinajstić information content (AvgIpc) is 3.25. The number of hydrogen-bond acceptors (Lipinski definition) is 6. The zero-order valence-corrected chi connectivity index (χ0v) is 16.8. The van der Waals surface area contributed by atoms with Crippen LogP contribution in [0.5, 0.6) is 0 Å². The molecule has 3 N–H and O–H groups in total. The summed E-state index contributed by atoms with van der Waals surface area (Å²) in [5.41, 5.74) is 2.53. The van der Waals surface area contributed by atoms with Crippen LogP contribution in [0.2, 0.25) is 0 Å². The Morgan fingerprint density at radius 2 is 2.03 bits per heavy atom. The summed E-state index contributed by atoms with van der Waals surface area (Å²) in [7, 11) is 0. The third kappa shape index (κ3) is 4.22. The maximum atomic E-state index is 13.2. The second-order valence-electron chi connectivity index (χ2n) is 6.59. The lowest BCUT2D eigenvalue weighted by atomic mass is 10.2. The predicted octanol–water partition coefficient (Wildman–Crippen LogP) is 2.47. The number of aryl methyl sites for hydroxylation is 2. The van der Waals surface area contributed by atoms with Gasteiger partial charge in [-0.15, -0.1) is 5.10 Å². The molecule has 0 aliphatic carbocycles. The van der Waals surface area contributed by atoms with E-state index in [1.165, 1.54) is 12.1 Å². The number of rotatable bonds is 7. The summed E-state index contributed by atoms with van der Waals surface area (Å²) < 4.78 is 14.8. The van der Waals surface area contributed by atoms with Crippen LogP contribution in [0.4, 0.5) is 4.39 Å². The van der Waals surface area contributed by atoms with Crippen LogP contribution < -0.4 is 10.9 Å². The van der Waals surface area contributed by atoms with Gasteiger partial charge < -0.3 is 10.3 Å². The van der Waals surface area contributed by atoms with Crippen LogP contribution >= 0.6 is 11.8 Å². The molecule has 0 bridgehead atoms. The van der Waals surface area contributed by atoms with E-state index in [0.29, 0.717) is 35.1 Å². The third-order valence-corrected chi connectivity index (χ3v) is 5.27. The zero-order chi connectivity index (χ0) is 20.4. The molecule has 0 saturated carbocycles. The smallest absolute Gasteiger partial charge is 0.254 e. The van der Waals surface area contributed by atoms with Gasteiger partial charge in [0.15, 0.2) is 0 Å². The van der Waals surface area contributed by atoms with Gasteiger partial charge in [0.25, 0.3) is 5.56 Å². The average molecular weight is 413 g/mol. The number of hydrogen-bond donors (Lipinski definition) is 3. The molecule has 0 fully saturated rings. The number of pyridine rings is 1. The van der Waals surface area contributed by atoms with Gasteiger partial charge in [0.2, 0.25) is 5.16 Å². The van der Waals surface area contributed by atoms with Crippen LogP contribution in [0.25, 0.3) is 16.7 Å². The fourth-order valence-corrected chi connectivity index (χ4v) is 3.73. The molecule has 10 heteroatoms. The lowest BCUT2D eigenvalue weighted by Crippen LogP contribution is -2.23. The van der Waals surface area contributed by atoms with Crippen molar-refractivity contribution in [2.45, 2.75) is 25.5 Å². The van der Waals surface area contributed by atoms with E-state index in [1.54, 1.807) is 28.6 Å². The molecule has 0 aliphatic rings. The maximum Gasteiger partial charge on any atom is 0.254 e. The zero-order valence-electron chi connectivity index (χ0n) is 16.0. The fourth-order valence-electron chi connectivity index (χ4n) is 2.98. The number of fused-ring (bicyclic) bond motifs is 1. The minimum Gasteiger partial charge on any atom is -0.312 e. The molecule has 29 heavy (non-hydrogen) atoms. The highest BCUT2D eigenvalue weighted by Crippen LogP contribution is 2.20. The van der Waals surface area contributed by atoms with Crippen molar-refractivity contribution >= 4 is 22.8 Å². The molecule has 150 valence electrons. The molecule has 0 aliphatic heterocycles. The number of benzene rings is 1.